The van der Waals surface area contributed by atoms with Crippen LogP contribution in [0.2, 0.25) is 0 Å². The van der Waals surface area contributed by atoms with Gasteiger partial charge in [0.05, 0.1) is 0 Å². The van der Waals surface area contributed by atoms with E-state index in [0.717, 1.165) is 6.29 Å². The molecule has 1 aromatic carbocycles. The van der Waals surface area contributed by atoms with Gasteiger partial charge in [-0.15, -0.1) is 0 Å². The molecule has 1 rings (SSSR count). The first-order valence-corrected chi connectivity index (χ1v) is 7.23. The van der Waals surface area contributed by atoms with Crippen LogP contribution in [0.5, 0.6) is 0 Å². The summed E-state index contributed by atoms with van der Waals surface area (Å²) in [6.07, 6.45) is 9.65. The molecule has 18 heavy (non-hydrogen) atoms. The van der Waals surface area contributed by atoms with Crippen LogP contribution in [0.15, 0.2) is 24.3 Å². The summed E-state index contributed by atoms with van der Waals surface area (Å²) in [5.74, 6) is 0. The smallest absolute Gasteiger partial charge is 0.119 e. The maximum Gasteiger partial charge on any atom is 0.119 e. The van der Waals surface area contributed by atoms with Crippen LogP contribution in [-0.4, -0.2) is 6.29 Å². The van der Waals surface area contributed by atoms with Crippen LogP contribution in [0.4, 0.5) is 0 Å². The lowest BCUT2D eigenvalue weighted by Gasteiger charge is -2.01. The SMILES string of the molecule is CCC=O.CCCCCCCc1ccc(C)cc1. The van der Waals surface area contributed by atoms with Crippen molar-refractivity contribution in [3.8, 4) is 0 Å². The van der Waals surface area contributed by atoms with Crippen molar-refractivity contribution in [3.05, 3.63) is 35.4 Å². The standard InChI is InChI=1S/C14H22.C3H6O/c1-3-4-5-6-7-8-14-11-9-13(2)10-12-14;1-2-3-4/h9-12H,3-8H2,1-2H3;3H,2H2,1H3. The molecule has 1 nitrogen and oxygen atoms in total. The molecule has 1 aromatic rings. The van der Waals surface area contributed by atoms with Crippen LogP contribution in [0, 0.1) is 6.92 Å². The van der Waals surface area contributed by atoms with Crippen molar-refractivity contribution < 1.29 is 4.79 Å². The third-order valence-electron chi connectivity index (χ3n) is 2.86. The zero-order valence-corrected chi connectivity index (χ0v) is 12.2. The van der Waals surface area contributed by atoms with E-state index in [1.807, 2.05) is 6.92 Å². The predicted molar refractivity (Wildman–Crippen MR) is 80.0 cm³/mol. The van der Waals surface area contributed by atoms with Gasteiger partial charge in [-0.2, -0.15) is 0 Å². The molecular weight excluding hydrogens is 220 g/mol. The number of benzene rings is 1. The molecule has 0 aliphatic carbocycles. The molecule has 0 aliphatic rings. The number of carbonyl (C=O) groups is 1. The van der Waals surface area contributed by atoms with Crippen LogP contribution < -0.4 is 0 Å². The Kier molecular flexibility index (Phi) is 11.6. The van der Waals surface area contributed by atoms with E-state index in [-0.39, 0.29) is 0 Å². The quantitative estimate of drug-likeness (QED) is 0.484. The molecule has 0 saturated carbocycles. The molecule has 0 aliphatic heterocycles. The Balaban J connectivity index is 0.000000631. The van der Waals surface area contributed by atoms with E-state index in [2.05, 4.69) is 38.1 Å². The number of rotatable bonds is 7. The Morgan fingerprint density at radius 1 is 0.944 bits per heavy atom. The van der Waals surface area contributed by atoms with Gasteiger partial charge in [-0.25, -0.2) is 0 Å². The monoisotopic (exact) mass is 248 g/mol. The molecule has 0 amide bonds. The first-order valence-electron chi connectivity index (χ1n) is 7.23. The highest BCUT2D eigenvalue weighted by Gasteiger charge is 1.93. The van der Waals surface area contributed by atoms with E-state index >= 15 is 0 Å². The largest absolute Gasteiger partial charge is 0.303 e. The fourth-order valence-corrected chi connectivity index (χ4v) is 1.69. The van der Waals surface area contributed by atoms with E-state index < -0.39 is 0 Å². The Morgan fingerprint density at radius 3 is 2.00 bits per heavy atom. The third kappa shape index (κ3) is 10.1. The third-order valence-corrected chi connectivity index (χ3v) is 2.86. The molecule has 0 heterocycles. The van der Waals surface area contributed by atoms with Crippen molar-refractivity contribution in [3.63, 3.8) is 0 Å². The molecule has 1 heteroatoms. The van der Waals surface area contributed by atoms with Crippen molar-refractivity contribution in [2.75, 3.05) is 0 Å². The first kappa shape index (κ1) is 16.9. The van der Waals surface area contributed by atoms with Gasteiger partial charge in [-0.05, 0) is 25.3 Å². The molecule has 0 unspecified atom stereocenters. The molecule has 0 bridgehead atoms. The van der Waals surface area contributed by atoms with Crippen molar-refractivity contribution in [2.45, 2.75) is 65.7 Å². The molecule has 0 aromatic heterocycles. The lowest BCUT2D eigenvalue weighted by Crippen LogP contribution is -1.86. The fourth-order valence-electron chi connectivity index (χ4n) is 1.69. The number of aryl methyl sites for hydroxylation is 2. The summed E-state index contributed by atoms with van der Waals surface area (Å²) in [6.45, 7) is 6.22. The zero-order valence-electron chi connectivity index (χ0n) is 12.2. The van der Waals surface area contributed by atoms with Crippen LogP contribution in [0.1, 0.15) is 63.5 Å². The van der Waals surface area contributed by atoms with Gasteiger partial charge in [0.2, 0.25) is 0 Å². The second-order valence-corrected chi connectivity index (χ2v) is 4.72. The highest BCUT2D eigenvalue weighted by Crippen LogP contribution is 2.09. The maximum absolute atomic E-state index is 9.17. The fraction of sp³-hybridized carbons (Fsp3) is 0.588. The number of carbonyl (C=O) groups excluding carboxylic acids is 1. The minimum Gasteiger partial charge on any atom is -0.303 e. The minimum atomic E-state index is 0.639. The van der Waals surface area contributed by atoms with Gasteiger partial charge >= 0.3 is 0 Å². The number of aldehydes is 1. The van der Waals surface area contributed by atoms with Crippen LogP contribution in [-0.2, 0) is 11.2 Å². The number of unbranched alkanes of at least 4 members (excludes halogenated alkanes) is 4. The summed E-state index contributed by atoms with van der Waals surface area (Å²) < 4.78 is 0. The van der Waals surface area contributed by atoms with Crippen LogP contribution in [0.25, 0.3) is 0 Å². The van der Waals surface area contributed by atoms with Gasteiger partial charge in [0.25, 0.3) is 0 Å². The molecule has 0 radical (unpaired) electrons. The van der Waals surface area contributed by atoms with Gasteiger partial charge in [0, 0.05) is 6.42 Å². The second kappa shape index (κ2) is 12.3. The second-order valence-electron chi connectivity index (χ2n) is 4.72. The van der Waals surface area contributed by atoms with E-state index in [4.69, 9.17) is 0 Å². The molecule has 0 spiro atoms. The topological polar surface area (TPSA) is 17.1 Å². The average molecular weight is 248 g/mol. The maximum atomic E-state index is 9.17. The number of hydrogen-bond acceptors (Lipinski definition) is 1. The summed E-state index contributed by atoms with van der Waals surface area (Å²) in [4.78, 5) is 9.17. The Hall–Kier alpha value is -1.11. The molecule has 0 atom stereocenters. The van der Waals surface area contributed by atoms with E-state index in [1.165, 1.54) is 49.7 Å². The van der Waals surface area contributed by atoms with Crippen LogP contribution >= 0.6 is 0 Å². The predicted octanol–water partition coefficient (Wildman–Crippen LogP) is 5.10. The summed E-state index contributed by atoms with van der Waals surface area (Å²) >= 11 is 0. The van der Waals surface area contributed by atoms with Crippen molar-refractivity contribution in [1.29, 1.82) is 0 Å². The van der Waals surface area contributed by atoms with Gasteiger partial charge in [-0.1, -0.05) is 69.4 Å². The highest BCUT2D eigenvalue weighted by molar-refractivity contribution is 5.48. The summed E-state index contributed by atoms with van der Waals surface area (Å²) in [5, 5.41) is 0. The summed E-state index contributed by atoms with van der Waals surface area (Å²) in [5.41, 5.74) is 2.85. The van der Waals surface area contributed by atoms with Gasteiger partial charge in [0.15, 0.2) is 0 Å². The lowest BCUT2D eigenvalue weighted by atomic mass is 10.0. The Morgan fingerprint density at radius 2 is 1.50 bits per heavy atom. The van der Waals surface area contributed by atoms with Gasteiger partial charge in [0.1, 0.15) is 6.29 Å². The van der Waals surface area contributed by atoms with Gasteiger partial charge < -0.3 is 4.79 Å². The van der Waals surface area contributed by atoms with E-state index in [1.54, 1.807) is 0 Å². The molecule has 0 saturated heterocycles. The molecule has 102 valence electrons. The van der Waals surface area contributed by atoms with Gasteiger partial charge in [-0.3, -0.25) is 0 Å². The average Bonchev–Trinajstić information content (AvgIpc) is 2.41. The Labute approximate surface area is 113 Å². The van der Waals surface area contributed by atoms with Crippen molar-refractivity contribution in [2.24, 2.45) is 0 Å². The summed E-state index contributed by atoms with van der Waals surface area (Å²) in [7, 11) is 0. The van der Waals surface area contributed by atoms with Crippen molar-refractivity contribution in [1.82, 2.24) is 0 Å². The normalized spacial score (nSPS) is 9.50. The highest BCUT2D eigenvalue weighted by atomic mass is 16.1. The lowest BCUT2D eigenvalue weighted by molar-refractivity contribution is -0.107. The first-order chi connectivity index (χ1) is 8.74. The molecular formula is C17H28O. The van der Waals surface area contributed by atoms with Crippen molar-refractivity contribution >= 4 is 6.29 Å². The number of hydrogen-bond donors (Lipinski definition) is 0. The zero-order chi connectivity index (χ0) is 13.6. The summed E-state index contributed by atoms with van der Waals surface area (Å²) in [6, 6.07) is 8.94. The minimum absolute atomic E-state index is 0.639. The van der Waals surface area contributed by atoms with Crippen LogP contribution in [0.3, 0.4) is 0 Å². The Bertz CT molecular complexity index is 287. The van der Waals surface area contributed by atoms with E-state index in [9.17, 15) is 4.79 Å². The molecule has 0 N–H and O–H groups in total. The van der Waals surface area contributed by atoms with E-state index in [0.29, 0.717) is 6.42 Å². The molecule has 0 fully saturated rings.